The Morgan fingerprint density at radius 1 is 0.974 bits per heavy atom. The fourth-order valence-electron chi connectivity index (χ4n) is 5.12. The Morgan fingerprint density at radius 2 is 1.79 bits per heavy atom. The number of amides is 1. The highest BCUT2D eigenvalue weighted by molar-refractivity contribution is 6.03. The molecule has 2 aliphatic rings. The number of hydrogen-bond donors (Lipinski definition) is 3. The van der Waals surface area contributed by atoms with Gasteiger partial charge in [0.05, 0.1) is 17.4 Å². The van der Waals surface area contributed by atoms with E-state index in [1.54, 1.807) is 4.68 Å². The summed E-state index contributed by atoms with van der Waals surface area (Å²) in [7, 11) is 0. The van der Waals surface area contributed by atoms with Gasteiger partial charge in [0.1, 0.15) is 5.69 Å². The van der Waals surface area contributed by atoms with E-state index in [4.69, 9.17) is 5.73 Å². The molecule has 6 rings (SSSR count). The Hall–Kier alpha value is -3.74. The van der Waals surface area contributed by atoms with Crippen molar-refractivity contribution in [1.82, 2.24) is 15.1 Å². The van der Waals surface area contributed by atoms with Gasteiger partial charge < -0.3 is 16.4 Å². The molecule has 2 fully saturated rings. The summed E-state index contributed by atoms with van der Waals surface area (Å²) in [5, 5.41) is 11.6. The van der Waals surface area contributed by atoms with Gasteiger partial charge in [-0.1, -0.05) is 48.5 Å². The van der Waals surface area contributed by atoms with Crippen LogP contribution in [-0.2, 0) is 6.54 Å². The second-order valence-corrected chi connectivity index (χ2v) is 10.8. The normalized spacial score (nSPS) is 15.8. The van der Waals surface area contributed by atoms with Crippen molar-refractivity contribution in [3.05, 3.63) is 113 Å². The first-order valence-corrected chi connectivity index (χ1v) is 13.7. The molecule has 4 N–H and O–H groups in total. The molecule has 0 saturated heterocycles. The molecular formula is C32H35N5O. The summed E-state index contributed by atoms with van der Waals surface area (Å²) in [5.74, 6) is 1.16. The number of carbonyl (C=O) groups is 1. The summed E-state index contributed by atoms with van der Waals surface area (Å²) in [4.78, 5) is 13.6. The van der Waals surface area contributed by atoms with Crippen LogP contribution in [0.5, 0.6) is 0 Å². The van der Waals surface area contributed by atoms with E-state index in [1.807, 2.05) is 37.3 Å². The molecule has 0 bridgehead atoms. The summed E-state index contributed by atoms with van der Waals surface area (Å²) in [6, 6.07) is 27.0. The molecule has 6 nitrogen and oxygen atoms in total. The van der Waals surface area contributed by atoms with Gasteiger partial charge in [-0.25, -0.2) is 4.68 Å². The van der Waals surface area contributed by atoms with Crippen molar-refractivity contribution >= 4 is 11.6 Å². The number of nitrogens with one attached hydrogen (secondary N) is 2. The van der Waals surface area contributed by atoms with Crippen LogP contribution < -0.4 is 16.4 Å². The first kappa shape index (κ1) is 24.6. The van der Waals surface area contributed by atoms with E-state index in [1.165, 1.54) is 42.4 Å². The molecule has 2 aliphatic carbocycles. The van der Waals surface area contributed by atoms with Gasteiger partial charge in [-0.2, -0.15) is 5.10 Å². The largest absolute Gasteiger partial charge is 0.326 e. The second-order valence-electron chi connectivity index (χ2n) is 10.8. The van der Waals surface area contributed by atoms with E-state index in [9.17, 15) is 4.79 Å². The molecular weight excluding hydrogens is 470 g/mol. The molecule has 1 unspecified atom stereocenters. The Balaban J connectivity index is 1.32. The molecule has 0 aliphatic heterocycles. The molecule has 3 aromatic carbocycles. The van der Waals surface area contributed by atoms with Gasteiger partial charge in [0.25, 0.3) is 5.91 Å². The van der Waals surface area contributed by atoms with Crippen molar-refractivity contribution in [2.45, 2.75) is 51.1 Å². The first-order valence-electron chi connectivity index (χ1n) is 13.7. The van der Waals surface area contributed by atoms with Crippen LogP contribution in [0.25, 0.3) is 5.69 Å². The average Bonchev–Trinajstić information content (AvgIpc) is 3.87. The van der Waals surface area contributed by atoms with Crippen molar-refractivity contribution in [3.8, 4) is 5.69 Å². The van der Waals surface area contributed by atoms with Crippen molar-refractivity contribution in [2.24, 2.45) is 11.7 Å². The van der Waals surface area contributed by atoms with Crippen molar-refractivity contribution in [3.63, 3.8) is 0 Å². The lowest BCUT2D eigenvalue weighted by Gasteiger charge is -2.22. The number of aromatic nitrogens is 2. The van der Waals surface area contributed by atoms with Gasteiger partial charge in [0.2, 0.25) is 0 Å². The van der Waals surface area contributed by atoms with Gasteiger partial charge in [0.15, 0.2) is 0 Å². The van der Waals surface area contributed by atoms with Gasteiger partial charge in [0, 0.05) is 12.2 Å². The lowest BCUT2D eigenvalue weighted by molar-refractivity contribution is 0.101. The maximum atomic E-state index is 13.6. The van der Waals surface area contributed by atoms with Crippen molar-refractivity contribution < 1.29 is 4.79 Å². The van der Waals surface area contributed by atoms with Gasteiger partial charge in [-0.05, 0) is 104 Å². The lowest BCUT2D eigenvalue weighted by atomic mass is 9.95. The zero-order valence-corrected chi connectivity index (χ0v) is 21.9. The number of nitrogens with zero attached hydrogens (tertiary/aromatic N) is 2. The van der Waals surface area contributed by atoms with Crippen LogP contribution in [0.3, 0.4) is 0 Å². The summed E-state index contributed by atoms with van der Waals surface area (Å²) in [5.41, 5.74) is 13.5. The van der Waals surface area contributed by atoms with Crippen LogP contribution in [-0.4, -0.2) is 22.2 Å². The molecule has 6 heteroatoms. The average molecular weight is 506 g/mol. The highest BCUT2D eigenvalue weighted by Gasteiger charge is 2.28. The van der Waals surface area contributed by atoms with Crippen molar-refractivity contribution in [2.75, 3.05) is 11.9 Å². The van der Waals surface area contributed by atoms with Crippen LogP contribution in [0.1, 0.15) is 76.1 Å². The standard InChI is InChI=1S/C32H35N5O/c1-21-14-30(37(36-21)29-9-5-6-23(15-29)19-33)32(38)35-28-17-26(24-12-13-24)16-27(18-28)31(34-20-22-10-11-22)25-7-3-2-4-8-25/h2-9,14-18,22,24,31,34H,10-13,19-20,33H2,1H3,(H,35,38). The number of anilines is 1. The monoisotopic (exact) mass is 505 g/mol. The number of benzene rings is 3. The third-order valence-corrected chi connectivity index (χ3v) is 7.51. The zero-order valence-electron chi connectivity index (χ0n) is 21.9. The minimum atomic E-state index is -0.176. The van der Waals surface area contributed by atoms with E-state index in [0.29, 0.717) is 18.2 Å². The predicted molar refractivity (Wildman–Crippen MR) is 152 cm³/mol. The molecule has 2 saturated carbocycles. The summed E-state index contributed by atoms with van der Waals surface area (Å²) in [6.07, 6.45) is 5.01. The fraction of sp³-hybridized carbons (Fsp3) is 0.312. The molecule has 194 valence electrons. The minimum Gasteiger partial charge on any atom is -0.326 e. The maximum Gasteiger partial charge on any atom is 0.274 e. The molecule has 0 spiro atoms. The quantitative estimate of drug-likeness (QED) is 0.252. The van der Waals surface area contributed by atoms with Crippen LogP contribution in [0, 0.1) is 12.8 Å². The van der Waals surface area contributed by atoms with E-state index in [0.717, 1.165) is 35.1 Å². The van der Waals surface area contributed by atoms with Gasteiger partial charge >= 0.3 is 0 Å². The number of nitrogens with two attached hydrogens (primary N) is 1. The number of hydrogen-bond acceptors (Lipinski definition) is 4. The highest BCUT2D eigenvalue weighted by atomic mass is 16.2. The predicted octanol–water partition coefficient (Wildman–Crippen LogP) is 5.86. The Morgan fingerprint density at radius 3 is 2.53 bits per heavy atom. The smallest absolute Gasteiger partial charge is 0.274 e. The molecule has 1 aromatic heterocycles. The Labute approximate surface area is 224 Å². The van der Waals surface area contributed by atoms with E-state index >= 15 is 0 Å². The number of rotatable bonds is 10. The third-order valence-electron chi connectivity index (χ3n) is 7.51. The lowest BCUT2D eigenvalue weighted by Crippen LogP contribution is -2.25. The highest BCUT2D eigenvalue weighted by Crippen LogP contribution is 2.42. The third kappa shape index (κ3) is 5.57. The number of carbonyl (C=O) groups excluding carboxylic acids is 1. The SMILES string of the molecule is Cc1cc(C(=O)Nc2cc(C3CC3)cc(C(NCC3CC3)c3ccccc3)c2)n(-c2cccc(CN)c2)n1. The molecule has 0 radical (unpaired) electrons. The topological polar surface area (TPSA) is 85.0 Å². The Kier molecular flexibility index (Phi) is 6.83. The molecule has 1 atom stereocenters. The van der Waals surface area contributed by atoms with Crippen LogP contribution in [0.15, 0.2) is 78.9 Å². The molecule has 4 aromatic rings. The van der Waals surface area contributed by atoms with Gasteiger partial charge in [-0.3, -0.25) is 4.79 Å². The van der Waals surface area contributed by atoms with Crippen LogP contribution >= 0.6 is 0 Å². The van der Waals surface area contributed by atoms with E-state index in [-0.39, 0.29) is 11.9 Å². The molecule has 38 heavy (non-hydrogen) atoms. The zero-order chi connectivity index (χ0) is 26.1. The Bertz CT molecular complexity index is 1440. The first-order chi connectivity index (χ1) is 18.6. The molecule has 1 heterocycles. The van der Waals surface area contributed by atoms with Gasteiger partial charge in [-0.15, -0.1) is 0 Å². The van der Waals surface area contributed by atoms with Crippen LogP contribution in [0.2, 0.25) is 0 Å². The summed E-state index contributed by atoms with van der Waals surface area (Å²) in [6.45, 7) is 3.35. The van der Waals surface area contributed by atoms with Crippen LogP contribution in [0.4, 0.5) is 5.69 Å². The molecule has 1 amide bonds. The fourth-order valence-corrected chi connectivity index (χ4v) is 5.12. The summed E-state index contributed by atoms with van der Waals surface area (Å²) >= 11 is 0. The van der Waals surface area contributed by atoms with E-state index < -0.39 is 0 Å². The minimum absolute atomic E-state index is 0.0814. The van der Waals surface area contributed by atoms with Crippen molar-refractivity contribution in [1.29, 1.82) is 0 Å². The summed E-state index contributed by atoms with van der Waals surface area (Å²) < 4.78 is 1.71. The maximum absolute atomic E-state index is 13.6. The number of aryl methyl sites for hydroxylation is 1. The second kappa shape index (κ2) is 10.6. The van der Waals surface area contributed by atoms with E-state index in [2.05, 4.69) is 64.3 Å².